The molecule has 19 heavy (non-hydrogen) atoms. The van der Waals surface area contributed by atoms with E-state index in [1.807, 2.05) is 29.2 Å². The van der Waals surface area contributed by atoms with Crippen molar-refractivity contribution in [2.24, 2.45) is 0 Å². The molecule has 1 saturated heterocycles. The van der Waals surface area contributed by atoms with Gasteiger partial charge in [0, 0.05) is 11.9 Å². The summed E-state index contributed by atoms with van der Waals surface area (Å²) in [5.74, 6) is -0.763. The Morgan fingerprint density at radius 1 is 1.32 bits per heavy atom. The van der Waals surface area contributed by atoms with Gasteiger partial charge in [0.1, 0.15) is 6.04 Å². The molecule has 2 heterocycles. The number of carboxylic acid groups (broad SMARTS) is 1. The van der Waals surface area contributed by atoms with Crippen molar-refractivity contribution in [3.8, 4) is 0 Å². The smallest absolute Gasteiger partial charge is 0.326 e. The van der Waals surface area contributed by atoms with Gasteiger partial charge in [0.25, 0.3) is 0 Å². The highest BCUT2D eigenvalue weighted by Crippen LogP contribution is 2.29. The maximum Gasteiger partial charge on any atom is 0.326 e. The van der Waals surface area contributed by atoms with Crippen molar-refractivity contribution >= 4 is 22.6 Å². The maximum atomic E-state index is 11.4. The fourth-order valence-electron chi connectivity index (χ4n) is 2.70. The summed E-state index contributed by atoms with van der Waals surface area (Å²) in [4.78, 5) is 13.3. The van der Waals surface area contributed by atoms with Gasteiger partial charge in [-0.25, -0.2) is 4.79 Å². The first-order chi connectivity index (χ1) is 9.27. The number of carboxylic acids is 1. The summed E-state index contributed by atoms with van der Waals surface area (Å²) in [5, 5.41) is 18.4. The molecule has 0 bridgehead atoms. The number of hydrogen-bond acceptors (Lipinski definition) is 4. The Hall–Kier alpha value is -2.17. The SMILES string of the molecule is O=C(O)C1CCCCN1c1cnnc2ccccc12. The third kappa shape index (κ3) is 2.12. The molecule has 1 aliphatic rings. The lowest BCUT2D eigenvalue weighted by atomic mass is 10.0. The van der Waals surface area contributed by atoms with Crippen LogP contribution in [-0.2, 0) is 4.79 Å². The predicted octanol–water partition coefficient (Wildman–Crippen LogP) is 2.07. The number of aliphatic carboxylic acids is 1. The first kappa shape index (κ1) is 11.9. The van der Waals surface area contributed by atoms with Crippen molar-refractivity contribution in [2.75, 3.05) is 11.4 Å². The highest BCUT2D eigenvalue weighted by Gasteiger charge is 2.29. The van der Waals surface area contributed by atoms with Crippen molar-refractivity contribution in [1.82, 2.24) is 10.2 Å². The van der Waals surface area contributed by atoms with E-state index in [9.17, 15) is 9.90 Å². The standard InChI is InChI=1S/C14H15N3O2/c18-14(19)12-7-3-4-8-17(12)13-9-15-16-11-6-2-1-5-10(11)13/h1-2,5-6,9,12H,3-4,7-8H2,(H,18,19). The maximum absolute atomic E-state index is 11.4. The average molecular weight is 257 g/mol. The number of anilines is 1. The summed E-state index contributed by atoms with van der Waals surface area (Å²) in [6.07, 6.45) is 4.33. The quantitative estimate of drug-likeness (QED) is 0.892. The van der Waals surface area contributed by atoms with Crippen molar-refractivity contribution in [1.29, 1.82) is 0 Å². The van der Waals surface area contributed by atoms with Gasteiger partial charge in [0.15, 0.2) is 0 Å². The third-order valence-corrected chi connectivity index (χ3v) is 3.62. The molecule has 0 spiro atoms. The number of nitrogens with zero attached hydrogens (tertiary/aromatic N) is 3. The highest BCUT2D eigenvalue weighted by atomic mass is 16.4. The number of aromatic nitrogens is 2. The Labute approximate surface area is 110 Å². The summed E-state index contributed by atoms with van der Waals surface area (Å²) in [6, 6.07) is 7.25. The molecule has 0 saturated carbocycles. The summed E-state index contributed by atoms with van der Waals surface area (Å²) in [5.41, 5.74) is 1.67. The van der Waals surface area contributed by atoms with E-state index in [4.69, 9.17) is 0 Å². The second-order valence-electron chi connectivity index (χ2n) is 4.79. The zero-order valence-corrected chi connectivity index (χ0v) is 10.5. The van der Waals surface area contributed by atoms with Crippen molar-refractivity contribution < 1.29 is 9.90 Å². The molecule has 1 fully saturated rings. The van der Waals surface area contributed by atoms with Gasteiger partial charge in [-0.3, -0.25) is 0 Å². The van der Waals surface area contributed by atoms with Gasteiger partial charge in [0.05, 0.1) is 17.4 Å². The monoisotopic (exact) mass is 257 g/mol. The van der Waals surface area contributed by atoms with E-state index in [1.54, 1.807) is 6.20 Å². The molecule has 0 amide bonds. The summed E-state index contributed by atoms with van der Waals surface area (Å²) in [6.45, 7) is 0.757. The van der Waals surface area contributed by atoms with Gasteiger partial charge in [0.2, 0.25) is 0 Å². The molecule has 5 heteroatoms. The van der Waals surface area contributed by atoms with Gasteiger partial charge in [-0.15, -0.1) is 0 Å². The minimum absolute atomic E-state index is 0.457. The number of piperidine rings is 1. The predicted molar refractivity (Wildman–Crippen MR) is 72.2 cm³/mol. The van der Waals surface area contributed by atoms with Gasteiger partial charge < -0.3 is 10.0 Å². The molecule has 0 aliphatic carbocycles. The summed E-state index contributed by atoms with van der Waals surface area (Å²) >= 11 is 0. The van der Waals surface area contributed by atoms with Crippen LogP contribution in [-0.4, -0.2) is 33.9 Å². The molecule has 98 valence electrons. The molecule has 2 aromatic rings. The zero-order valence-electron chi connectivity index (χ0n) is 10.5. The minimum Gasteiger partial charge on any atom is -0.480 e. The largest absolute Gasteiger partial charge is 0.480 e. The number of hydrogen-bond donors (Lipinski definition) is 1. The van der Waals surface area contributed by atoms with E-state index in [1.165, 1.54) is 0 Å². The van der Waals surface area contributed by atoms with Crippen LogP contribution in [0.15, 0.2) is 30.5 Å². The molecule has 0 radical (unpaired) electrons. The van der Waals surface area contributed by atoms with Crippen LogP contribution in [0.3, 0.4) is 0 Å². The number of carbonyl (C=O) groups is 1. The summed E-state index contributed by atoms with van der Waals surface area (Å²) in [7, 11) is 0. The van der Waals surface area contributed by atoms with Crippen molar-refractivity contribution in [3.05, 3.63) is 30.5 Å². The first-order valence-corrected chi connectivity index (χ1v) is 6.47. The molecular formula is C14H15N3O2. The molecular weight excluding hydrogens is 242 g/mol. The van der Waals surface area contributed by atoms with Gasteiger partial charge in [-0.1, -0.05) is 18.2 Å². The number of fused-ring (bicyclic) bond motifs is 1. The zero-order chi connectivity index (χ0) is 13.2. The van der Waals surface area contributed by atoms with E-state index in [0.717, 1.165) is 36.0 Å². The molecule has 1 N–H and O–H groups in total. The van der Waals surface area contributed by atoms with Crippen LogP contribution in [0.1, 0.15) is 19.3 Å². The Morgan fingerprint density at radius 3 is 3.00 bits per heavy atom. The first-order valence-electron chi connectivity index (χ1n) is 6.47. The van der Waals surface area contributed by atoms with E-state index >= 15 is 0 Å². The van der Waals surface area contributed by atoms with Crippen LogP contribution in [0, 0.1) is 0 Å². The van der Waals surface area contributed by atoms with E-state index in [2.05, 4.69) is 10.2 Å². The highest BCUT2D eigenvalue weighted by molar-refractivity contribution is 5.93. The van der Waals surface area contributed by atoms with Crippen LogP contribution < -0.4 is 4.90 Å². The summed E-state index contributed by atoms with van der Waals surface area (Å²) < 4.78 is 0. The molecule has 3 rings (SSSR count). The lowest BCUT2D eigenvalue weighted by Crippen LogP contribution is -2.44. The molecule has 1 atom stereocenters. The Morgan fingerprint density at radius 2 is 2.16 bits per heavy atom. The average Bonchev–Trinajstić information content (AvgIpc) is 2.46. The fraction of sp³-hybridized carbons (Fsp3) is 0.357. The molecule has 1 aromatic carbocycles. The third-order valence-electron chi connectivity index (χ3n) is 3.62. The molecule has 5 nitrogen and oxygen atoms in total. The topological polar surface area (TPSA) is 66.3 Å². The van der Waals surface area contributed by atoms with E-state index < -0.39 is 12.0 Å². The second-order valence-corrected chi connectivity index (χ2v) is 4.79. The Bertz CT molecular complexity index is 609. The normalized spacial score (nSPS) is 19.6. The molecule has 1 aromatic heterocycles. The number of rotatable bonds is 2. The Kier molecular flexibility index (Phi) is 3.03. The van der Waals surface area contributed by atoms with E-state index in [0.29, 0.717) is 6.42 Å². The van der Waals surface area contributed by atoms with Crippen molar-refractivity contribution in [3.63, 3.8) is 0 Å². The van der Waals surface area contributed by atoms with Crippen molar-refractivity contribution in [2.45, 2.75) is 25.3 Å². The van der Waals surface area contributed by atoms with Crippen LogP contribution >= 0.6 is 0 Å². The second kappa shape index (κ2) is 4.84. The van der Waals surface area contributed by atoms with E-state index in [-0.39, 0.29) is 0 Å². The fourth-order valence-corrected chi connectivity index (χ4v) is 2.70. The van der Waals surface area contributed by atoms with Crippen LogP contribution in [0.4, 0.5) is 5.69 Å². The number of benzene rings is 1. The van der Waals surface area contributed by atoms with Gasteiger partial charge in [-0.05, 0) is 25.3 Å². The molecule has 1 aliphatic heterocycles. The van der Waals surface area contributed by atoms with Gasteiger partial charge >= 0.3 is 5.97 Å². The molecule has 1 unspecified atom stereocenters. The lowest BCUT2D eigenvalue weighted by molar-refractivity contribution is -0.139. The van der Waals surface area contributed by atoms with Gasteiger partial charge in [-0.2, -0.15) is 10.2 Å². The lowest BCUT2D eigenvalue weighted by Gasteiger charge is -2.35. The van der Waals surface area contributed by atoms with Crippen LogP contribution in [0.5, 0.6) is 0 Å². The minimum atomic E-state index is -0.763. The Balaban J connectivity index is 2.09. The van der Waals surface area contributed by atoms with Crippen LogP contribution in [0.2, 0.25) is 0 Å². The van der Waals surface area contributed by atoms with Crippen LogP contribution in [0.25, 0.3) is 10.9 Å².